The van der Waals surface area contributed by atoms with Crippen molar-refractivity contribution in [2.24, 2.45) is 5.41 Å². The molecule has 0 saturated carbocycles. The van der Waals surface area contributed by atoms with E-state index in [-0.39, 0.29) is 29.4 Å². The second kappa shape index (κ2) is 6.92. The zero-order valence-corrected chi connectivity index (χ0v) is 15.1. The molecule has 2 aliphatic heterocycles. The van der Waals surface area contributed by atoms with Crippen LogP contribution in [0, 0.1) is 17.0 Å². The van der Waals surface area contributed by atoms with Crippen LogP contribution in [0.5, 0.6) is 5.75 Å². The first-order valence-electron chi connectivity index (χ1n) is 8.96. The van der Waals surface area contributed by atoms with Gasteiger partial charge in [0.05, 0.1) is 0 Å². The van der Waals surface area contributed by atoms with Gasteiger partial charge in [-0.25, -0.2) is 8.78 Å². The predicted octanol–water partition coefficient (Wildman–Crippen LogP) is 2.70. The summed E-state index contributed by atoms with van der Waals surface area (Å²) in [6.07, 6.45) is 2.09. The topological polar surface area (TPSA) is 58.8 Å². The number of ether oxygens (including phenoxy) is 1. The summed E-state index contributed by atoms with van der Waals surface area (Å²) in [5.74, 6) is -2.03. The Morgan fingerprint density at radius 1 is 1.26 bits per heavy atom. The molecule has 4 rings (SSSR count). The smallest absolute Gasteiger partial charge is 0.276 e. The first-order chi connectivity index (χ1) is 13.0. The Labute approximate surface area is 155 Å². The van der Waals surface area contributed by atoms with Crippen molar-refractivity contribution in [2.75, 3.05) is 33.2 Å². The molecule has 2 aromatic rings. The van der Waals surface area contributed by atoms with Crippen LogP contribution in [0.15, 0.2) is 28.8 Å². The average Bonchev–Trinajstić information content (AvgIpc) is 3.35. The molecule has 0 radical (unpaired) electrons. The van der Waals surface area contributed by atoms with Crippen LogP contribution in [0.2, 0.25) is 0 Å². The minimum absolute atomic E-state index is 0.183. The van der Waals surface area contributed by atoms with Gasteiger partial charge in [-0.15, -0.1) is 0 Å². The quantitative estimate of drug-likeness (QED) is 0.820. The lowest BCUT2D eigenvalue weighted by atomic mass is 9.86. The molecule has 0 bridgehead atoms. The van der Waals surface area contributed by atoms with Crippen molar-refractivity contribution < 1.29 is 22.8 Å². The van der Waals surface area contributed by atoms with E-state index in [2.05, 4.69) is 17.1 Å². The molecule has 8 heteroatoms. The summed E-state index contributed by atoms with van der Waals surface area (Å²) in [5, 5.41) is 3.80. The van der Waals surface area contributed by atoms with Gasteiger partial charge in [-0.05, 0) is 38.6 Å². The molecule has 1 aromatic carbocycles. The fourth-order valence-corrected chi connectivity index (χ4v) is 4.01. The van der Waals surface area contributed by atoms with Crippen LogP contribution in [0.1, 0.15) is 29.1 Å². The zero-order valence-electron chi connectivity index (χ0n) is 15.1. The van der Waals surface area contributed by atoms with E-state index >= 15 is 0 Å². The van der Waals surface area contributed by atoms with Gasteiger partial charge in [-0.3, -0.25) is 4.79 Å². The second-order valence-corrected chi connectivity index (χ2v) is 7.48. The van der Waals surface area contributed by atoms with Crippen molar-refractivity contribution in [3.63, 3.8) is 0 Å². The van der Waals surface area contributed by atoms with Gasteiger partial charge in [-0.1, -0.05) is 11.2 Å². The summed E-state index contributed by atoms with van der Waals surface area (Å²) < 4.78 is 37.4. The predicted molar refractivity (Wildman–Crippen MR) is 92.3 cm³/mol. The van der Waals surface area contributed by atoms with Crippen molar-refractivity contribution in [1.29, 1.82) is 0 Å². The maximum atomic E-state index is 13.6. The van der Waals surface area contributed by atoms with Crippen molar-refractivity contribution in [1.82, 2.24) is 15.0 Å². The number of rotatable bonds is 4. The molecule has 2 saturated heterocycles. The highest BCUT2D eigenvalue weighted by atomic mass is 19.1. The summed E-state index contributed by atoms with van der Waals surface area (Å²) in [7, 11) is 2.10. The third-order valence-electron chi connectivity index (χ3n) is 5.41. The van der Waals surface area contributed by atoms with E-state index in [1.165, 1.54) is 12.1 Å². The van der Waals surface area contributed by atoms with Crippen LogP contribution in [-0.4, -0.2) is 54.1 Å². The van der Waals surface area contributed by atoms with Gasteiger partial charge in [0, 0.05) is 31.1 Å². The fraction of sp³-hybridized carbons (Fsp3) is 0.474. The zero-order chi connectivity index (χ0) is 19.0. The molecule has 1 amide bonds. The second-order valence-electron chi connectivity index (χ2n) is 7.48. The molecule has 27 heavy (non-hydrogen) atoms. The molecule has 1 spiro atoms. The average molecular weight is 377 g/mol. The van der Waals surface area contributed by atoms with Crippen LogP contribution in [0.3, 0.4) is 0 Å². The number of para-hydroxylation sites is 1. The maximum Gasteiger partial charge on any atom is 0.276 e. The number of carbonyl (C=O) groups excluding carboxylic acids is 1. The molecule has 1 aromatic heterocycles. The maximum absolute atomic E-state index is 13.6. The monoisotopic (exact) mass is 377 g/mol. The lowest BCUT2D eigenvalue weighted by Gasteiger charge is -2.23. The largest absolute Gasteiger partial charge is 0.479 e. The SMILES string of the molecule is CN1CCC2(CCN(C(=O)c3cc(COc4c(F)cccc4F)on3)C2)C1. The molecule has 0 aliphatic carbocycles. The first kappa shape index (κ1) is 17.9. The van der Waals surface area contributed by atoms with Gasteiger partial charge in [0.15, 0.2) is 28.8 Å². The molecule has 144 valence electrons. The van der Waals surface area contributed by atoms with Crippen LogP contribution < -0.4 is 4.74 Å². The van der Waals surface area contributed by atoms with Crippen molar-refractivity contribution >= 4 is 5.91 Å². The molecular formula is C19H21F2N3O3. The highest BCUT2D eigenvalue weighted by Crippen LogP contribution is 2.39. The lowest BCUT2D eigenvalue weighted by molar-refractivity contribution is 0.0763. The number of halogens is 2. The van der Waals surface area contributed by atoms with Crippen LogP contribution in [0.4, 0.5) is 8.78 Å². The Balaban J connectivity index is 1.39. The Kier molecular flexibility index (Phi) is 4.59. The van der Waals surface area contributed by atoms with E-state index in [0.717, 1.165) is 44.6 Å². The number of benzene rings is 1. The van der Waals surface area contributed by atoms with Gasteiger partial charge in [0.25, 0.3) is 5.91 Å². The molecule has 1 atom stereocenters. The van der Waals surface area contributed by atoms with Crippen LogP contribution in [0.25, 0.3) is 0 Å². The first-order valence-corrected chi connectivity index (χ1v) is 8.96. The molecule has 3 heterocycles. The van der Waals surface area contributed by atoms with Gasteiger partial charge >= 0.3 is 0 Å². The van der Waals surface area contributed by atoms with Gasteiger partial charge in [0.1, 0.15) is 6.61 Å². The molecule has 6 nitrogen and oxygen atoms in total. The highest BCUT2D eigenvalue weighted by molar-refractivity contribution is 5.92. The van der Waals surface area contributed by atoms with Gasteiger partial charge in [-0.2, -0.15) is 0 Å². The van der Waals surface area contributed by atoms with Crippen molar-refractivity contribution in [3.05, 3.63) is 47.4 Å². The van der Waals surface area contributed by atoms with Crippen molar-refractivity contribution in [3.8, 4) is 5.75 Å². The van der Waals surface area contributed by atoms with E-state index in [1.54, 1.807) is 4.90 Å². The van der Waals surface area contributed by atoms with E-state index in [0.29, 0.717) is 6.54 Å². The number of likely N-dealkylation sites (tertiary alicyclic amines) is 2. The van der Waals surface area contributed by atoms with Crippen molar-refractivity contribution in [2.45, 2.75) is 19.4 Å². The summed E-state index contributed by atoms with van der Waals surface area (Å²) >= 11 is 0. The third-order valence-corrected chi connectivity index (χ3v) is 5.41. The molecule has 1 unspecified atom stereocenters. The fourth-order valence-electron chi connectivity index (χ4n) is 4.01. The van der Waals surface area contributed by atoms with Crippen LogP contribution in [-0.2, 0) is 6.61 Å². The summed E-state index contributed by atoms with van der Waals surface area (Å²) in [4.78, 5) is 16.8. The normalized spacial score (nSPS) is 22.7. The number of hydrogen-bond donors (Lipinski definition) is 0. The van der Waals surface area contributed by atoms with E-state index in [1.807, 2.05) is 0 Å². The van der Waals surface area contributed by atoms with Gasteiger partial charge < -0.3 is 19.1 Å². The summed E-state index contributed by atoms with van der Waals surface area (Å²) in [6, 6.07) is 4.94. The minimum atomic E-state index is -0.797. The Morgan fingerprint density at radius 3 is 2.70 bits per heavy atom. The molecular weight excluding hydrogens is 356 g/mol. The number of nitrogens with zero attached hydrogens (tertiary/aromatic N) is 3. The van der Waals surface area contributed by atoms with E-state index < -0.39 is 17.4 Å². The summed E-state index contributed by atoms with van der Waals surface area (Å²) in [5.41, 5.74) is 0.369. The minimum Gasteiger partial charge on any atom is -0.479 e. The number of aromatic nitrogens is 1. The van der Waals surface area contributed by atoms with E-state index in [4.69, 9.17) is 9.26 Å². The van der Waals surface area contributed by atoms with Gasteiger partial charge in [0.2, 0.25) is 0 Å². The Morgan fingerprint density at radius 2 is 2.00 bits per heavy atom. The standard InChI is InChI=1S/C19H21F2N3O3/c1-23-7-5-19(11-23)6-8-24(12-19)18(25)16-9-13(27-22-16)10-26-17-14(20)3-2-4-15(17)21/h2-4,9H,5-8,10-12H2,1H3. The number of amides is 1. The summed E-state index contributed by atoms with van der Waals surface area (Å²) in [6.45, 7) is 3.26. The molecule has 2 aliphatic rings. The lowest BCUT2D eigenvalue weighted by Crippen LogP contribution is -2.33. The Bertz CT molecular complexity index is 836. The van der Waals surface area contributed by atoms with E-state index in [9.17, 15) is 13.6 Å². The highest BCUT2D eigenvalue weighted by Gasteiger charge is 2.44. The van der Waals surface area contributed by atoms with Crippen LogP contribution >= 0.6 is 0 Å². The molecule has 0 N–H and O–H groups in total. The Hall–Kier alpha value is -2.48. The number of hydrogen-bond acceptors (Lipinski definition) is 5. The third kappa shape index (κ3) is 3.53. The number of carbonyl (C=O) groups is 1. The molecule has 2 fully saturated rings.